The second-order valence-corrected chi connectivity index (χ2v) is 9.54. The fraction of sp³-hybridized carbons (Fsp3) is 0.500. The first-order valence-corrected chi connectivity index (χ1v) is 12.8. The zero-order valence-electron chi connectivity index (χ0n) is 20.3. The maximum absolute atomic E-state index is 12.8. The topological polar surface area (TPSA) is 63.7 Å². The van der Waals surface area contributed by atoms with E-state index in [0.29, 0.717) is 18.8 Å². The van der Waals surface area contributed by atoms with E-state index in [-0.39, 0.29) is 17.6 Å². The number of hydrogen-bond donors (Lipinski definition) is 1. The van der Waals surface area contributed by atoms with E-state index in [4.69, 9.17) is 9.47 Å². The maximum atomic E-state index is 12.8. The molecular weight excluding hydrogens is 426 g/mol. The van der Waals surface area contributed by atoms with Gasteiger partial charge in [-0.3, -0.25) is 9.78 Å². The van der Waals surface area contributed by atoms with Gasteiger partial charge >= 0.3 is 0 Å². The Kier molecular flexibility index (Phi) is 6.59. The predicted molar refractivity (Wildman–Crippen MR) is 133 cm³/mol. The smallest absolute Gasteiger partial charge is 0.272 e. The first kappa shape index (κ1) is 22.9. The average molecular weight is 462 g/mol. The van der Waals surface area contributed by atoms with E-state index < -0.39 is 0 Å². The van der Waals surface area contributed by atoms with Crippen LogP contribution in [0, 0.1) is 0 Å². The second-order valence-electron chi connectivity index (χ2n) is 9.54. The molecule has 2 aliphatic heterocycles. The van der Waals surface area contributed by atoms with Crippen LogP contribution in [0.25, 0.3) is 5.57 Å². The molecule has 0 radical (unpaired) electrons. The minimum absolute atomic E-state index is 0.0296. The number of benzene rings is 1. The summed E-state index contributed by atoms with van der Waals surface area (Å²) in [5.74, 6) is 1.72. The summed E-state index contributed by atoms with van der Waals surface area (Å²) in [7, 11) is 0. The van der Waals surface area contributed by atoms with Crippen molar-refractivity contribution >= 4 is 11.5 Å². The monoisotopic (exact) mass is 461 g/mol. The Morgan fingerprint density at radius 1 is 1.15 bits per heavy atom. The Bertz CT molecular complexity index is 1050. The summed E-state index contributed by atoms with van der Waals surface area (Å²) in [5.41, 5.74) is 3.22. The molecule has 1 amide bonds. The second kappa shape index (κ2) is 9.79. The molecule has 34 heavy (non-hydrogen) atoms. The molecule has 3 aliphatic rings. The SMILES string of the molecule is CCN(CC)C(=O)c1ccc(C2=CC3(CCNCC3)Oc3cccc(OC4CCCC4)c32)cn1. The number of fused-ring (bicyclic) bond motifs is 1. The van der Waals surface area contributed by atoms with Crippen molar-refractivity contribution in [2.75, 3.05) is 26.2 Å². The van der Waals surface area contributed by atoms with Gasteiger partial charge in [0.05, 0.1) is 11.7 Å². The number of ether oxygens (including phenoxy) is 2. The van der Waals surface area contributed by atoms with E-state index in [0.717, 1.165) is 67.0 Å². The number of carbonyl (C=O) groups excluding carboxylic acids is 1. The maximum Gasteiger partial charge on any atom is 0.272 e. The zero-order chi connectivity index (χ0) is 23.5. The number of carbonyl (C=O) groups is 1. The van der Waals surface area contributed by atoms with E-state index in [1.165, 1.54) is 12.8 Å². The molecule has 180 valence electrons. The molecule has 5 rings (SSSR count). The van der Waals surface area contributed by atoms with Crippen LogP contribution in [0.3, 0.4) is 0 Å². The van der Waals surface area contributed by atoms with Crippen LogP contribution in [-0.2, 0) is 0 Å². The Morgan fingerprint density at radius 2 is 1.91 bits per heavy atom. The average Bonchev–Trinajstić information content (AvgIpc) is 3.38. The molecule has 1 N–H and O–H groups in total. The number of hydrogen-bond acceptors (Lipinski definition) is 5. The number of amides is 1. The van der Waals surface area contributed by atoms with Crippen molar-refractivity contribution in [2.24, 2.45) is 0 Å². The van der Waals surface area contributed by atoms with Gasteiger partial charge in [-0.15, -0.1) is 0 Å². The lowest BCUT2D eigenvalue weighted by atomic mass is 9.83. The van der Waals surface area contributed by atoms with Crippen LogP contribution in [0.2, 0.25) is 0 Å². The van der Waals surface area contributed by atoms with Crippen molar-refractivity contribution in [3.8, 4) is 11.5 Å². The van der Waals surface area contributed by atoms with Gasteiger partial charge in [0.25, 0.3) is 5.91 Å². The number of pyridine rings is 1. The molecule has 0 unspecified atom stereocenters. The van der Waals surface area contributed by atoms with Crippen LogP contribution >= 0.6 is 0 Å². The van der Waals surface area contributed by atoms with Crippen molar-refractivity contribution in [1.82, 2.24) is 15.2 Å². The third-order valence-corrected chi connectivity index (χ3v) is 7.37. The number of nitrogens with one attached hydrogen (secondary N) is 1. The van der Waals surface area contributed by atoms with Crippen molar-refractivity contribution in [2.45, 2.75) is 64.1 Å². The third-order valence-electron chi connectivity index (χ3n) is 7.37. The highest BCUT2D eigenvalue weighted by Crippen LogP contribution is 2.47. The fourth-order valence-corrected chi connectivity index (χ4v) is 5.41. The number of nitrogens with zero attached hydrogens (tertiary/aromatic N) is 2. The Balaban J connectivity index is 1.54. The van der Waals surface area contributed by atoms with Gasteiger partial charge in [0, 0.05) is 37.7 Å². The minimum atomic E-state index is -0.338. The number of aromatic nitrogens is 1. The van der Waals surface area contributed by atoms with E-state index in [1.807, 2.05) is 38.2 Å². The molecule has 3 heterocycles. The van der Waals surface area contributed by atoms with Gasteiger partial charge in [-0.2, -0.15) is 0 Å². The molecule has 1 aromatic carbocycles. The molecule has 1 saturated heterocycles. The largest absolute Gasteiger partial charge is 0.490 e. The quantitative estimate of drug-likeness (QED) is 0.668. The highest BCUT2D eigenvalue weighted by Gasteiger charge is 2.38. The lowest BCUT2D eigenvalue weighted by Crippen LogP contribution is -2.46. The van der Waals surface area contributed by atoms with Crippen LogP contribution < -0.4 is 14.8 Å². The third kappa shape index (κ3) is 4.43. The molecular formula is C28H35N3O3. The summed E-state index contributed by atoms with van der Waals surface area (Å²) >= 11 is 0. The molecule has 1 spiro atoms. The molecule has 2 aromatic rings. The molecule has 0 bridgehead atoms. The van der Waals surface area contributed by atoms with E-state index >= 15 is 0 Å². The summed E-state index contributed by atoms with van der Waals surface area (Å²) in [5, 5.41) is 3.45. The van der Waals surface area contributed by atoms with E-state index in [1.54, 1.807) is 4.90 Å². The van der Waals surface area contributed by atoms with Gasteiger partial charge in [0.1, 0.15) is 22.8 Å². The highest BCUT2D eigenvalue weighted by atomic mass is 16.5. The standard InChI is InChI=1S/C28H35N3O3/c1-3-31(4-2)27(32)23-13-12-20(19-30-23)22-18-28(14-16-29-17-15-28)34-25-11-7-10-24(26(22)25)33-21-8-5-6-9-21/h7,10-13,18-19,21,29H,3-6,8-9,14-17H2,1-2H3. The minimum Gasteiger partial charge on any atom is -0.490 e. The van der Waals surface area contributed by atoms with Crippen LogP contribution in [-0.4, -0.2) is 53.7 Å². The first-order chi connectivity index (χ1) is 16.6. The van der Waals surface area contributed by atoms with Crippen LogP contribution in [0.5, 0.6) is 11.5 Å². The lowest BCUT2D eigenvalue weighted by Gasteiger charge is -2.40. The van der Waals surface area contributed by atoms with Crippen LogP contribution in [0.4, 0.5) is 0 Å². The summed E-state index contributed by atoms with van der Waals surface area (Å²) < 4.78 is 13.2. The van der Waals surface area contributed by atoms with Crippen molar-refractivity contribution < 1.29 is 14.3 Å². The molecule has 1 aliphatic carbocycles. The van der Waals surface area contributed by atoms with Crippen molar-refractivity contribution in [1.29, 1.82) is 0 Å². The summed E-state index contributed by atoms with van der Waals surface area (Å²) in [6.07, 6.45) is 10.8. The predicted octanol–water partition coefficient (Wildman–Crippen LogP) is 4.83. The van der Waals surface area contributed by atoms with Gasteiger partial charge < -0.3 is 19.7 Å². The van der Waals surface area contributed by atoms with Gasteiger partial charge in [0.2, 0.25) is 0 Å². The van der Waals surface area contributed by atoms with Crippen LogP contribution in [0.15, 0.2) is 42.6 Å². The Morgan fingerprint density at radius 3 is 2.59 bits per heavy atom. The number of rotatable bonds is 6. The normalized spacial score (nSPS) is 19.3. The molecule has 1 saturated carbocycles. The van der Waals surface area contributed by atoms with Gasteiger partial charge in [-0.1, -0.05) is 12.1 Å². The van der Waals surface area contributed by atoms with Gasteiger partial charge in [-0.05, 0) is 82.5 Å². The van der Waals surface area contributed by atoms with Gasteiger partial charge in [0.15, 0.2) is 0 Å². The lowest BCUT2D eigenvalue weighted by molar-refractivity contribution is 0.0766. The van der Waals surface area contributed by atoms with Crippen molar-refractivity contribution in [3.63, 3.8) is 0 Å². The first-order valence-electron chi connectivity index (χ1n) is 12.8. The highest BCUT2D eigenvalue weighted by molar-refractivity contribution is 5.93. The van der Waals surface area contributed by atoms with Gasteiger partial charge in [-0.25, -0.2) is 0 Å². The summed E-state index contributed by atoms with van der Waals surface area (Å²) in [4.78, 5) is 19.2. The molecule has 0 atom stereocenters. The van der Waals surface area contributed by atoms with Crippen molar-refractivity contribution in [3.05, 3.63) is 59.4 Å². The molecule has 6 nitrogen and oxygen atoms in total. The molecule has 1 aromatic heterocycles. The molecule has 6 heteroatoms. The number of piperidine rings is 1. The fourth-order valence-electron chi connectivity index (χ4n) is 5.41. The Labute approximate surface area is 202 Å². The summed E-state index contributed by atoms with van der Waals surface area (Å²) in [6.45, 7) is 7.17. The molecule has 2 fully saturated rings. The van der Waals surface area contributed by atoms with E-state index in [2.05, 4.69) is 28.5 Å². The summed E-state index contributed by atoms with van der Waals surface area (Å²) in [6, 6.07) is 10.0. The Hall–Kier alpha value is -2.86. The van der Waals surface area contributed by atoms with E-state index in [9.17, 15) is 4.79 Å². The van der Waals surface area contributed by atoms with Crippen LogP contribution in [0.1, 0.15) is 74.0 Å². The zero-order valence-corrected chi connectivity index (χ0v) is 20.3.